The number of hydrogen-bond donors (Lipinski definition) is 0. The molecule has 78 valence electrons. The van der Waals surface area contributed by atoms with Crippen LogP contribution in [0.2, 0.25) is 6.04 Å². The molecule has 0 heterocycles. The molecule has 1 nitrogen and oxygen atoms in total. The van der Waals surface area contributed by atoms with Gasteiger partial charge in [0.1, 0.15) is 0 Å². The molecule has 0 aliphatic rings. The van der Waals surface area contributed by atoms with Crippen LogP contribution in [-0.4, -0.2) is 34.6 Å². The van der Waals surface area contributed by atoms with Gasteiger partial charge in [0.2, 0.25) is 0 Å². The van der Waals surface area contributed by atoms with Crippen LogP contribution in [0.3, 0.4) is 0 Å². The van der Waals surface area contributed by atoms with Crippen molar-refractivity contribution >= 4 is 9.52 Å². The lowest BCUT2D eigenvalue weighted by Gasteiger charge is -2.15. The summed E-state index contributed by atoms with van der Waals surface area (Å²) in [6.07, 6.45) is 1.28. The molecule has 0 aliphatic heterocycles. The summed E-state index contributed by atoms with van der Waals surface area (Å²) in [6.45, 7) is 11.6. The first-order valence-corrected chi connectivity index (χ1v) is 7.10. The lowest BCUT2D eigenvalue weighted by atomic mass is 10.3. The van der Waals surface area contributed by atoms with E-state index < -0.39 is 0 Å². The first-order chi connectivity index (χ1) is 6.07. The number of allylic oxidation sites excluding steroid dienone is 2. The summed E-state index contributed by atoms with van der Waals surface area (Å²) in [5, 5.41) is 1.70. The molecule has 0 radical (unpaired) electrons. The highest BCUT2D eigenvalue weighted by atomic mass is 28.2. The normalized spacial score (nSPS) is 11.5. The fraction of sp³-hybridized carbons (Fsp3) is 0.818. The van der Waals surface area contributed by atoms with Crippen LogP contribution in [0.5, 0.6) is 0 Å². The van der Waals surface area contributed by atoms with Crippen LogP contribution in [0, 0.1) is 0 Å². The Morgan fingerprint density at radius 3 is 2.23 bits per heavy atom. The molecule has 13 heavy (non-hydrogen) atoms. The third-order valence-corrected chi connectivity index (χ3v) is 4.68. The van der Waals surface area contributed by atoms with Crippen molar-refractivity contribution in [1.29, 1.82) is 0 Å². The van der Waals surface area contributed by atoms with E-state index in [0.717, 1.165) is 0 Å². The maximum Gasteiger partial charge on any atom is 0.0503 e. The molecule has 0 N–H and O–H groups in total. The molecule has 2 heteroatoms. The molecule has 0 aliphatic carbocycles. The Bertz CT molecular complexity index is 159. The topological polar surface area (TPSA) is 3.24 Å². The number of nitrogens with zero attached hydrogens (tertiary/aromatic N) is 1. The average molecular weight is 199 g/mol. The van der Waals surface area contributed by atoms with Gasteiger partial charge in [0, 0.05) is 0 Å². The van der Waals surface area contributed by atoms with E-state index in [-0.39, 0.29) is 9.52 Å². The Morgan fingerprint density at radius 2 is 1.77 bits per heavy atom. The van der Waals surface area contributed by atoms with Gasteiger partial charge in [0.25, 0.3) is 0 Å². The van der Waals surface area contributed by atoms with E-state index in [1.807, 2.05) is 0 Å². The molecule has 0 bridgehead atoms. The van der Waals surface area contributed by atoms with Crippen LogP contribution in [0.4, 0.5) is 0 Å². The van der Waals surface area contributed by atoms with Crippen molar-refractivity contribution in [3.8, 4) is 0 Å². The second-order valence-electron chi connectivity index (χ2n) is 4.19. The number of rotatable bonds is 6. The summed E-state index contributed by atoms with van der Waals surface area (Å²) in [4.78, 5) is 2.45. The van der Waals surface area contributed by atoms with Gasteiger partial charge >= 0.3 is 0 Å². The molecule has 0 amide bonds. The van der Waals surface area contributed by atoms with Crippen LogP contribution < -0.4 is 0 Å². The minimum Gasteiger partial charge on any atom is -0.307 e. The maximum absolute atomic E-state index is 2.45. The maximum atomic E-state index is 2.45. The van der Waals surface area contributed by atoms with Crippen molar-refractivity contribution in [2.75, 3.05) is 20.1 Å². The lowest BCUT2D eigenvalue weighted by molar-refractivity contribution is 0.353. The summed E-state index contributed by atoms with van der Waals surface area (Å²) in [7, 11) is 2.30. The molecule has 0 fully saturated rings. The van der Waals surface area contributed by atoms with Gasteiger partial charge in [-0.25, -0.2) is 0 Å². The largest absolute Gasteiger partial charge is 0.307 e. The molecule has 0 unspecified atom stereocenters. The van der Waals surface area contributed by atoms with E-state index in [2.05, 4.69) is 39.6 Å². The molecule has 0 atom stereocenters. The quantitative estimate of drug-likeness (QED) is 0.593. The third kappa shape index (κ3) is 7.02. The van der Waals surface area contributed by atoms with Gasteiger partial charge in [-0.2, -0.15) is 0 Å². The summed E-state index contributed by atoms with van der Waals surface area (Å²) >= 11 is 0. The molecule has 0 saturated heterocycles. The monoisotopic (exact) mass is 199 g/mol. The van der Waals surface area contributed by atoms with Crippen molar-refractivity contribution < 1.29 is 0 Å². The van der Waals surface area contributed by atoms with Gasteiger partial charge < -0.3 is 4.90 Å². The highest BCUT2D eigenvalue weighted by Gasteiger charge is 1.98. The van der Waals surface area contributed by atoms with Crippen LogP contribution >= 0.6 is 0 Å². The SMILES string of the molecule is CCCN(C)CC[SiH2]C(C)=C(C)C. The number of hydrogen-bond acceptors (Lipinski definition) is 1. The standard InChI is InChI=1S/C11H25NSi/c1-6-7-12(5)8-9-13-11(4)10(2)3/h6-9,13H2,1-5H3. The molecule has 0 saturated carbocycles. The second kappa shape index (κ2) is 7.33. The second-order valence-corrected chi connectivity index (χ2v) is 6.45. The Hall–Kier alpha value is -0.0831. The van der Waals surface area contributed by atoms with Crippen LogP contribution in [0.15, 0.2) is 10.8 Å². The molecule has 0 aromatic carbocycles. The van der Waals surface area contributed by atoms with E-state index in [9.17, 15) is 0 Å². The molecular weight excluding hydrogens is 174 g/mol. The summed E-state index contributed by atoms with van der Waals surface area (Å²) in [6, 6.07) is 1.44. The highest BCUT2D eigenvalue weighted by Crippen LogP contribution is 2.02. The lowest BCUT2D eigenvalue weighted by Crippen LogP contribution is -2.21. The molecule has 0 aromatic rings. The van der Waals surface area contributed by atoms with Gasteiger partial charge in [0.15, 0.2) is 0 Å². The summed E-state index contributed by atoms with van der Waals surface area (Å²) in [5.74, 6) is 0. The smallest absolute Gasteiger partial charge is 0.0503 e. The van der Waals surface area contributed by atoms with Crippen molar-refractivity contribution in [2.24, 2.45) is 0 Å². The van der Waals surface area contributed by atoms with Crippen LogP contribution in [-0.2, 0) is 0 Å². The van der Waals surface area contributed by atoms with E-state index in [0.29, 0.717) is 0 Å². The molecule has 0 rings (SSSR count). The zero-order chi connectivity index (χ0) is 10.3. The summed E-state index contributed by atoms with van der Waals surface area (Å²) in [5.41, 5.74) is 1.55. The van der Waals surface area contributed by atoms with E-state index in [4.69, 9.17) is 0 Å². The zero-order valence-electron chi connectivity index (χ0n) is 9.98. The fourth-order valence-electron chi connectivity index (χ4n) is 1.36. The van der Waals surface area contributed by atoms with Crippen LogP contribution in [0.25, 0.3) is 0 Å². The fourth-order valence-corrected chi connectivity index (χ4v) is 3.09. The van der Waals surface area contributed by atoms with Gasteiger partial charge in [-0.3, -0.25) is 0 Å². The highest BCUT2D eigenvalue weighted by molar-refractivity contribution is 6.45. The van der Waals surface area contributed by atoms with Crippen molar-refractivity contribution in [3.05, 3.63) is 10.8 Å². The third-order valence-electron chi connectivity index (χ3n) is 2.55. The van der Waals surface area contributed by atoms with E-state index in [1.54, 1.807) is 10.8 Å². The first kappa shape index (κ1) is 12.9. The van der Waals surface area contributed by atoms with Crippen molar-refractivity contribution in [2.45, 2.75) is 40.2 Å². The minimum atomic E-state index is 0.0664. The van der Waals surface area contributed by atoms with Gasteiger partial charge in [-0.05, 0) is 53.4 Å². The molecule has 0 aromatic heterocycles. The first-order valence-electron chi connectivity index (χ1n) is 5.39. The van der Waals surface area contributed by atoms with E-state index >= 15 is 0 Å². The Labute approximate surface area is 86.0 Å². The van der Waals surface area contributed by atoms with E-state index in [1.165, 1.54) is 25.6 Å². The predicted octanol–water partition coefficient (Wildman–Crippen LogP) is 2.23. The Kier molecular flexibility index (Phi) is 7.29. The minimum absolute atomic E-state index is 0.0664. The van der Waals surface area contributed by atoms with Crippen LogP contribution in [0.1, 0.15) is 34.1 Å². The van der Waals surface area contributed by atoms with Gasteiger partial charge in [-0.1, -0.05) is 17.7 Å². The molecule has 0 spiro atoms. The van der Waals surface area contributed by atoms with Gasteiger partial charge in [-0.15, -0.1) is 0 Å². The average Bonchev–Trinajstić information content (AvgIpc) is 2.04. The Morgan fingerprint density at radius 1 is 1.15 bits per heavy atom. The summed E-state index contributed by atoms with van der Waals surface area (Å²) < 4.78 is 0. The zero-order valence-corrected chi connectivity index (χ0v) is 11.4. The van der Waals surface area contributed by atoms with Gasteiger partial charge in [0.05, 0.1) is 9.52 Å². The van der Waals surface area contributed by atoms with Crippen molar-refractivity contribution in [3.63, 3.8) is 0 Å². The molecular formula is C11H25NSi. The Balaban J connectivity index is 3.51. The predicted molar refractivity (Wildman–Crippen MR) is 65.2 cm³/mol. The van der Waals surface area contributed by atoms with Crippen molar-refractivity contribution in [1.82, 2.24) is 4.90 Å².